The summed E-state index contributed by atoms with van der Waals surface area (Å²) in [7, 11) is -2.60. The second-order valence-electron chi connectivity index (χ2n) is 2.52. The lowest BCUT2D eigenvalue weighted by Crippen LogP contribution is -1.86. The van der Waals surface area contributed by atoms with Crippen LogP contribution in [0.4, 0.5) is 0 Å². The van der Waals surface area contributed by atoms with E-state index in [9.17, 15) is 9.13 Å². The average Bonchev–Trinajstić information content (AvgIpc) is 2.17. The monoisotopic (exact) mass is 216 g/mol. The van der Waals surface area contributed by atoms with Crippen molar-refractivity contribution in [1.29, 1.82) is 0 Å². The van der Waals surface area contributed by atoms with E-state index in [0.29, 0.717) is 12.6 Å². The normalized spacial score (nSPS) is 12.9. The molecule has 0 aliphatic heterocycles. The van der Waals surface area contributed by atoms with Gasteiger partial charge in [-0.15, -0.1) is 0 Å². The topological polar surface area (TPSA) is 43.4 Å². The molecule has 0 saturated carbocycles. The highest BCUT2D eigenvalue weighted by molar-refractivity contribution is 7.46. The third-order valence-corrected chi connectivity index (χ3v) is 3.37. The second-order valence-corrected chi connectivity index (χ2v) is 4.65. The predicted octanol–water partition coefficient (Wildman–Crippen LogP) is 2.93. The summed E-state index contributed by atoms with van der Waals surface area (Å²) in [5.41, 5.74) is 1.12. The molecular formula is C8H10O3P2. The van der Waals surface area contributed by atoms with Gasteiger partial charge in [-0.3, -0.25) is 4.57 Å². The molecule has 1 aromatic rings. The van der Waals surface area contributed by atoms with E-state index < -0.39 is 16.7 Å². The molecule has 0 amide bonds. The number of hydrogen-bond donors (Lipinski definition) is 0. The minimum atomic E-state index is -2.11. The molecule has 0 spiro atoms. The molecule has 5 heteroatoms. The van der Waals surface area contributed by atoms with Crippen LogP contribution < -0.4 is 0 Å². The van der Waals surface area contributed by atoms with Gasteiger partial charge in [0.1, 0.15) is 0 Å². The van der Waals surface area contributed by atoms with Crippen LogP contribution >= 0.6 is 16.7 Å². The molecule has 70 valence electrons. The Morgan fingerprint density at radius 2 is 2.00 bits per heavy atom. The largest absolute Gasteiger partial charge is 0.333 e. The molecule has 0 fully saturated rings. The Labute approximate surface area is 79.3 Å². The fourth-order valence-electron chi connectivity index (χ4n) is 0.978. The van der Waals surface area contributed by atoms with E-state index in [-0.39, 0.29) is 0 Å². The van der Waals surface area contributed by atoms with Crippen molar-refractivity contribution in [2.75, 3.05) is 6.16 Å². The highest BCUT2D eigenvalue weighted by Crippen LogP contribution is 2.28. The van der Waals surface area contributed by atoms with E-state index in [4.69, 9.17) is 0 Å². The molecular weight excluding hydrogens is 206 g/mol. The maximum atomic E-state index is 11.0. The molecule has 0 aliphatic rings. The van der Waals surface area contributed by atoms with Crippen molar-refractivity contribution in [3.8, 4) is 0 Å². The van der Waals surface area contributed by atoms with E-state index in [0.717, 1.165) is 5.56 Å². The second kappa shape index (κ2) is 6.04. The van der Waals surface area contributed by atoms with Gasteiger partial charge in [0.15, 0.2) is 0 Å². The summed E-state index contributed by atoms with van der Waals surface area (Å²) in [6.45, 7) is 0. The zero-order valence-electron chi connectivity index (χ0n) is 6.97. The van der Waals surface area contributed by atoms with Crippen LogP contribution in [0.3, 0.4) is 0 Å². The van der Waals surface area contributed by atoms with Crippen LogP contribution in [-0.4, -0.2) is 6.16 Å². The molecule has 1 unspecified atom stereocenters. The third-order valence-electron chi connectivity index (χ3n) is 1.60. The lowest BCUT2D eigenvalue weighted by molar-refractivity contribution is 0.501. The van der Waals surface area contributed by atoms with Crippen molar-refractivity contribution in [2.45, 2.75) is 6.42 Å². The maximum absolute atomic E-state index is 11.0. The SMILES string of the molecule is O=PO[PH](=O)CCc1ccccc1. The Hall–Kier alpha value is -0.490. The first-order chi connectivity index (χ1) is 6.33. The summed E-state index contributed by atoms with van der Waals surface area (Å²) < 4.78 is 25.3. The van der Waals surface area contributed by atoms with Crippen LogP contribution in [0, 0.1) is 0 Å². The summed E-state index contributed by atoms with van der Waals surface area (Å²) in [5, 5.41) is 0. The van der Waals surface area contributed by atoms with Gasteiger partial charge >= 0.3 is 8.69 Å². The van der Waals surface area contributed by atoms with Crippen LogP contribution in [0.1, 0.15) is 5.56 Å². The molecule has 0 aromatic heterocycles. The van der Waals surface area contributed by atoms with Crippen molar-refractivity contribution < 1.29 is 13.4 Å². The predicted molar refractivity (Wildman–Crippen MR) is 52.7 cm³/mol. The average molecular weight is 216 g/mol. The van der Waals surface area contributed by atoms with Gasteiger partial charge in [-0.2, -0.15) is 0 Å². The van der Waals surface area contributed by atoms with E-state index in [1.54, 1.807) is 0 Å². The molecule has 1 aromatic carbocycles. The number of rotatable bonds is 5. The fraction of sp³-hybridized carbons (Fsp3) is 0.250. The van der Waals surface area contributed by atoms with E-state index in [2.05, 4.69) is 4.31 Å². The lowest BCUT2D eigenvalue weighted by atomic mass is 10.2. The molecule has 3 nitrogen and oxygen atoms in total. The molecule has 1 atom stereocenters. The molecule has 13 heavy (non-hydrogen) atoms. The Kier molecular flexibility index (Phi) is 4.92. The molecule has 1 rings (SSSR count). The van der Waals surface area contributed by atoms with Crippen LogP contribution in [0.5, 0.6) is 0 Å². The van der Waals surface area contributed by atoms with Crippen molar-refractivity contribution in [3.63, 3.8) is 0 Å². The first kappa shape index (κ1) is 10.6. The molecule has 0 heterocycles. The Balaban J connectivity index is 2.35. The minimum absolute atomic E-state index is 0.448. The van der Waals surface area contributed by atoms with Crippen molar-refractivity contribution >= 4 is 16.7 Å². The van der Waals surface area contributed by atoms with E-state index in [1.807, 2.05) is 30.3 Å². The maximum Gasteiger partial charge on any atom is 0.333 e. The summed E-state index contributed by atoms with van der Waals surface area (Å²) in [4.78, 5) is 0. The Bertz CT molecular complexity index is 287. The Morgan fingerprint density at radius 3 is 2.62 bits per heavy atom. The summed E-state index contributed by atoms with van der Waals surface area (Å²) >= 11 is 0. The highest BCUT2D eigenvalue weighted by atomic mass is 31.2. The van der Waals surface area contributed by atoms with Crippen LogP contribution in [-0.2, 0) is 19.9 Å². The lowest BCUT2D eigenvalue weighted by Gasteiger charge is -1.98. The highest BCUT2D eigenvalue weighted by Gasteiger charge is 1.99. The standard InChI is InChI=1S/C8H10O3P2/c9-12-11-13(10)7-6-8-4-2-1-3-5-8/h1-5,13H,6-7H2. The van der Waals surface area contributed by atoms with Crippen molar-refractivity contribution in [3.05, 3.63) is 35.9 Å². The summed E-state index contributed by atoms with van der Waals surface area (Å²) in [6.07, 6.45) is 1.15. The number of aryl methyl sites for hydroxylation is 1. The van der Waals surface area contributed by atoms with Gasteiger partial charge in [0.05, 0.1) is 0 Å². The zero-order valence-corrected chi connectivity index (χ0v) is 8.87. The molecule has 0 aliphatic carbocycles. The third kappa shape index (κ3) is 4.33. The smallest absolute Gasteiger partial charge is 0.295 e. The van der Waals surface area contributed by atoms with Gasteiger partial charge in [0.25, 0.3) is 0 Å². The van der Waals surface area contributed by atoms with Crippen LogP contribution in [0.2, 0.25) is 0 Å². The molecule has 0 N–H and O–H groups in total. The van der Waals surface area contributed by atoms with Gasteiger partial charge in [-0.25, -0.2) is 8.88 Å². The minimum Gasteiger partial charge on any atom is -0.295 e. The summed E-state index contributed by atoms with van der Waals surface area (Å²) in [6, 6.07) is 9.71. The fourth-order valence-corrected chi connectivity index (χ4v) is 2.17. The van der Waals surface area contributed by atoms with Gasteiger partial charge in [0.2, 0.25) is 8.03 Å². The van der Waals surface area contributed by atoms with Crippen molar-refractivity contribution in [2.24, 2.45) is 0 Å². The van der Waals surface area contributed by atoms with Gasteiger partial charge in [0, 0.05) is 6.16 Å². The molecule has 0 radical (unpaired) electrons. The Morgan fingerprint density at radius 1 is 1.31 bits per heavy atom. The first-order valence-corrected chi connectivity index (χ1v) is 6.15. The first-order valence-electron chi connectivity index (χ1n) is 3.89. The van der Waals surface area contributed by atoms with Crippen LogP contribution in [0.15, 0.2) is 30.3 Å². The van der Waals surface area contributed by atoms with E-state index in [1.165, 1.54) is 0 Å². The quantitative estimate of drug-likeness (QED) is 0.710. The molecule has 0 bridgehead atoms. The summed E-state index contributed by atoms with van der Waals surface area (Å²) in [5.74, 6) is 0. The number of benzene rings is 1. The van der Waals surface area contributed by atoms with Gasteiger partial charge in [-0.1, -0.05) is 30.3 Å². The van der Waals surface area contributed by atoms with Gasteiger partial charge in [-0.05, 0) is 12.0 Å². The zero-order chi connectivity index (χ0) is 9.52. The van der Waals surface area contributed by atoms with Crippen molar-refractivity contribution in [1.82, 2.24) is 0 Å². The molecule has 0 saturated heterocycles. The van der Waals surface area contributed by atoms with Gasteiger partial charge < -0.3 is 0 Å². The van der Waals surface area contributed by atoms with Crippen LogP contribution in [0.25, 0.3) is 0 Å². The van der Waals surface area contributed by atoms with E-state index >= 15 is 0 Å². The number of hydrogen-bond acceptors (Lipinski definition) is 3.